The quantitative estimate of drug-likeness (QED) is 0.759. The van der Waals surface area contributed by atoms with Gasteiger partial charge >= 0.3 is 0 Å². The lowest BCUT2D eigenvalue weighted by Gasteiger charge is -2.38. The Balaban J connectivity index is 1.33. The van der Waals surface area contributed by atoms with E-state index in [4.69, 9.17) is 0 Å². The first-order valence-electron chi connectivity index (χ1n) is 10.5. The number of likely N-dealkylation sites (tertiary alicyclic amines) is 1. The van der Waals surface area contributed by atoms with Crippen molar-refractivity contribution in [3.8, 4) is 0 Å². The van der Waals surface area contributed by atoms with E-state index in [2.05, 4.69) is 74.7 Å². The number of hydrogen-bond acceptors (Lipinski definition) is 2. The van der Waals surface area contributed by atoms with Gasteiger partial charge in [0.2, 0.25) is 5.91 Å². The fourth-order valence-electron chi connectivity index (χ4n) is 5.75. The molecule has 1 aliphatic carbocycles. The van der Waals surface area contributed by atoms with Crippen molar-refractivity contribution in [3.63, 3.8) is 0 Å². The molecule has 28 heavy (non-hydrogen) atoms. The SMILES string of the molecule is O=C([C@@H]1CNC[C@]12CCc1cc(Br)ccc12)N1CCC(c2ccccc2)CC1. The molecule has 0 bridgehead atoms. The number of rotatable bonds is 2. The molecule has 2 aliphatic heterocycles. The van der Waals surface area contributed by atoms with Crippen LogP contribution in [0.3, 0.4) is 0 Å². The highest BCUT2D eigenvalue weighted by atomic mass is 79.9. The molecule has 0 aromatic heterocycles. The number of aryl methyl sites for hydroxylation is 1. The third-order valence-corrected chi connectivity index (χ3v) is 7.77. The predicted octanol–water partition coefficient (Wildman–Crippen LogP) is 4.26. The number of nitrogens with one attached hydrogen (secondary N) is 1. The first kappa shape index (κ1) is 18.4. The molecule has 2 saturated heterocycles. The van der Waals surface area contributed by atoms with Crippen LogP contribution in [0.5, 0.6) is 0 Å². The number of amides is 1. The van der Waals surface area contributed by atoms with E-state index in [0.717, 1.165) is 56.3 Å². The highest BCUT2D eigenvalue weighted by Gasteiger charge is 2.52. The molecule has 2 fully saturated rings. The molecule has 2 atom stereocenters. The second kappa shape index (κ2) is 7.31. The fraction of sp³-hybridized carbons (Fsp3) is 0.458. The summed E-state index contributed by atoms with van der Waals surface area (Å²) in [6, 6.07) is 17.4. The smallest absolute Gasteiger partial charge is 0.227 e. The van der Waals surface area contributed by atoms with Gasteiger partial charge in [-0.15, -0.1) is 0 Å². The van der Waals surface area contributed by atoms with Crippen LogP contribution in [0.15, 0.2) is 53.0 Å². The van der Waals surface area contributed by atoms with Crippen LogP contribution in [-0.2, 0) is 16.6 Å². The van der Waals surface area contributed by atoms with Gasteiger partial charge in [0.15, 0.2) is 0 Å². The molecule has 1 spiro atoms. The van der Waals surface area contributed by atoms with Crippen molar-refractivity contribution in [2.24, 2.45) is 5.92 Å². The number of carbonyl (C=O) groups is 1. The van der Waals surface area contributed by atoms with Crippen LogP contribution in [0, 0.1) is 5.92 Å². The maximum Gasteiger partial charge on any atom is 0.227 e. The minimum absolute atomic E-state index is 0.0105. The summed E-state index contributed by atoms with van der Waals surface area (Å²) >= 11 is 3.60. The van der Waals surface area contributed by atoms with Gasteiger partial charge in [0.1, 0.15) is 0 Å². The lowest BCUT2D eigenvalue weighted by molar-refractivity contribution is -0.137. The third kappa shape index (κ3) is 3.02. The second-order valence-electron chi connectivity index (χ2n) is 8.65. The summed E-state index contributed by atoms with van der Waals surface area (Å²) in [5, 5.41) is 3.56. The van der Waals surface area contributed by atoms with Crippen LogP contribution in [0.1, 0.15) is 41.9 Å². The Hall–Kier alpha value is -1.65. The molecule has 2 heterocycles. The highest BCUT2D eigenvalue weighted by Crippen LogP contribution is 2.48. The average Bonchev–Trinajstić information content (AvgIpc) is 3.33. The number of fused-ring (bicyclic) bond motifs is 2. The molecule has 0 unspecified atom stereocenters. The van der Waals surface area contributed by atoms with Gasteiger partial charge in [-0.2, -0.15) is 0 Å². The van der Waals surface area contributed by atoms with Crippen LogP contribution in [0.25, 0.3) is 0 Å². The van der Waals surface area contributed by atoms with Gasteiger partial charge in [0.05, 0.1) is 5.92 Å². The van der Waals surface area contributed by atoms with Crippen molar-refractivity contribution in [2.45, 2.75) is 37.0 Å². The van der Waals surface area contributed by atoms with Crippen molar-refractivity contribution >= 4 is 21.8 Å². The monoisotopic (exact) mass is 438 g/mol. The van der Waals surface area contributed by atoms with E-state index >= 15 is 0 Å². The van der Waals surface area contributed by atoms with Crippen molar-refractivity contribution in [2.75, 3.05) is 26.2 Å². The summed E-state index contributed by atoms with van der Waals surface area (Å²) in [7, 11) is 0. The van der Waals surface area contributed by atoms with E-state index in [1.165, 1.54) is 16.7 Å². The van der Waals surface area contributed by atoms with Crippen molar-refractivity contribution in [1.82, 2.24) is 10.2 Å². The summed E-state index contributed by atoms with van der Waals surface area (Å²) < 4.78 is 1.14. The number of benzene rings is 2. The zero-order valence-electron chi connectivity index (χ0n) is 16.2. The first-order valence-corrected chi connectivity index (χ1v) is 11.3. The van der Waals surface area contributed by atoms with Crippen molar-refractivity contribution < 1.29 is 4.79 Å². The number of piperidine rings is 1. The molecular weight excluding hydrogens is 412 g/mol. The van der Waals surface area contributed by atoms with Crippen molar-refractivity contribution in [1.29, 1.82) is 0 Å². The van der Waals surface area contributed by atoms with E-state index < -0.39 is 0 Å². The molecule has 5 rings (SSSR count). The van der Waals surface area contributed by atoms with Gasteiger partial charge in [-0.05, 0) is 60.4 Å². The summed E-state index contributed by atoms with van der Waals surface area (Å²) in [6.07, 6.45) is 4.32. The molecule has 3 nitrogen and oxygen atoms in total. The number of carbonyl (C=O) groups excluding carboxylic acids is 1. The molecule has 3 aliphatic rings. The lowest BCUT2D eigenvalue weighted by atomic mass is 9.72. The van der Waals surface area contributed by atoms with Gasteiger partial charge in [-0.3, -0.25) is 4.79 Å². The van der Waals surface area contributed by atoms with Crippen LogP contribution in [-0.4, -0.2) is 37.0 Å². The van der Waals surface area contributed by atoms with E-state index in [0.29, 0.717) is 11.8 Å². The molecule has 2 aromatic carbocycles. The van der Waals surface area contributed by atoms with Gasteiger partial charge in [0, 0.05) is 36.1 Å². The Kier molecular flexibility index (Phi) is 4.80. The standard InChI is InChI=1S/C24H27BrN2O/c25-20-6-7-21-19(14-20)8-11-24(21)16-26-15-22(24)23(28)27-12-9-18(10-13-27)17-4-2-1-3-5-17/h1-7,14,18,22,26H,8-13,15-16H2/t22-,24-/m0/s1. The Labute approximate surface area is 175 Å². The summed E-state index contributed by atoms with van der Waals surface area (Å²) in [6.45, 7) is 3.52. The minimum atomic E-state index is -0.0105. The van der Waals surface area contributed by atoms with Crippen LogP contribution >= 0.6 is 15.9 Å². The molecule has 0 radical (unpaired) electrons. The molecule has 2 aromatic rings. The first-order chi connectivity index (χ1) is 13.7. The van der Waals surface area contributed by atoms with Gasteiger partial charge in [-0.25, -0.2) is 0 Å². The van der Waals surface area contributed by atoms with Crippen LogP contribution in [0.2, 0.25) is 0 Å². The van der Waals surface area contributed by atoms with E-state index in [9.17, 15) is 4.79 Å². The Morgan fingerprint density at radius 2 is 1.89 bits per heavy atom. The lowest BCUT2D eigenvalue weighted by Crippen LogP contribution is -2.47. The zero-order chi connectivity index (χ0) is 19.1. The number of halogens is 1. The maximum absolute atomic E-state index is 13.6. The predicted molar refractivity (Wildman–Crippen MR) is 115 cm³/mol. The summed E-state index contributed by atoms with van der Waals surface area (Å²) in [5.41, 5.74) is 4.23. The molecule has 146 valence electrons. The van der Waals surface area contributed by atoms with Crippen LogP contribution < -0.4 is 5.32 Å². The van der Waals surface area contributed by atoms with Crippen molar-refractivity contribution in [3.05, 3.63) is 69.7 Å². The Morgan fingerprint density at radius 1 is 1.11 bits per heavy atom. The highest BCUT2D eigenvalue weighted by molar-refractivity contribution is 9.10. The minimum Gasteiger partial charge on any atom is -0.342 e. The normalized spacial score (nSPS) is 27.3. The Morgan fingerprint density at radius 3 is 2.68 bits per heavy atom. The zero-order valence-corrected chi connectivity index (χ0v) is 17.7. The van der Waals surface area contributed by atoms with E-state index in [-0.39, 0.29) is 11.3 Å². The fourth-order valence-corrected chi connectivity index (χ4v) is 6.16. The third-order valence-electron chi connectivity index (χ3n) is 7.28. The van der Waals surface area contributed by atoms with E-state index in [1.54, 1.807) is 0 Å². The van der Waals surface area contributed by atoms with Gasteiger partial charge < -0.3 is 10.2 Å². The van der Waals surface area contributed by atoms with Gasteiger partial charge in [-0.1, -0.05) is 52.3 Å². The Bertz CT molecular complexity index is 875. The molecule has 0 saturated carbocycles. The summed E-state index contributed by atoms with van der Waals surface area (Å²) in [5.74, 6) is 1.03. The summed E-state index contributed by atoms with van der Waals surface area (Å²) in [4.78, 5) is 15.7. The van der Waals surface area contributed by atoms with E-state index in [1.807, 2.05) is 0 Å². The number of nitrogens with zero attached hydrogens (tertiary/aromatic N) is 1. The topological polar surface area (TPSA) is 32.3 Å². The second-order valence-corrected chi connectivity index (χ2v) is 9.57. The van der Waals surface area contributed by atoms with Crippen LogP contribution in [0.4, 0.5) is 0 Å². The molecular formula is C24H27BrN2O. The number of hydrogen-bond donors (Lipinski definition) is 1. The molecule has 1 amide bonds. The largest absolute Gasteiger partial charge is 0.342 e. The average molecular weight is 439 g/mol. The maximum atomic E-state index is 13.6. The van der Waals surface area contributed by atoms with Gasteiger partial charge in [0.25, 0.3) is 0 Å². The molecule has 4 heteroatoms. The molecule has 1 N–H and O–H groups in total.